The Balaban J connectivity index is 2.09. The Morgan fingerprint density at radius 2 is 1.42 bits per heavy atom. The Kier molecular flexibility index (Phi) is 5.49. The number of carboxylic acids is 1. The molecule has 26 heavy (non-hydrogen) atoms. The molecule has 0 bridgehead atoms. The first-order valence-electron chi connectivity index (χ1n) is 8.54. The lowest BCUT2D eigenvalue weighted by Gasteiger charge is -2.19. The molecule has 0 unspecified atom stereocenters. The summed E-state index contributed by atoms with van der Waals surface area (Å²) in [5.74, 6) is -1.53. The maximum absolute atomic E-state index is 12.7. The van der Waals surface area contributed by atoms with Crippen molar-refractivity contribution in [2.24, 2.45) is 0 Å². The van der Waals surface area contributed by atoms with E-state index in [0.717, 1.165) is 16.7 Å². The van der Waals surface area contributed by atoms with Crippen molar-refractivity contribution < 1.29 is 23.1 Å². The molecule has 8 heteroatoms. The highest BCUT2D eigenvalue weighted by Gasteiger charge is 2.51. The van der Waals surface area contributed by atoms with Crippen LogP contribution in [0.1, 0.15) is 47.1 Å². The van der Waals surface area contributed by atoms with Gasteiger partial charge < -0.3 is 10.4 Å². The molecule has 1 amide bonds. The number of amides is 1. The number of hydrogen-bond acceptors (Lipinski definition) is 4. The fourth-order valence-corrected chi connectivity index (χ4v) is 4.71. The molecule has 0 aromatic heterocycles. The van der Waals surface area contributed by atoms with Gasteiger partial charge in [0.25, 0.3) is 0 Å². The standard InChI is InChI=1S/C18H26N2O5S/c1-10-11(2)13(4)16(14(5)12(10)3)26(24,25)19-9-6-15(21)20-18(7-8-18)17(22)23/h19H,6-9H2,1-5H3,(H,20,21)(H,22,23). The fraction of sp³-hybridized carbons (Fsp3) is 0.556. The number of rotatable bonds is 7. The van der Waals surface area contributed by atoms with Crippen LogP contribution >= 0.6 is 0 Å². The van der Waals surface area contributed by atoms with Crippen LogP contribution in [0.5, 0.6) is 0 Å². The van der Waals surface area contributed by atoms with Gasteiger partial charge in [0.2, 0.25) is 15.9 Å². The van der Waals surface area contributed by atoms with Crippen molar-refractivity contribution in [2.75, 3.05) is 6.54 Å². The summed E-state index contributed by atoms with van der Waals surface area (Å²) in [5.41, 5.74) is 3.18. The molecule has 1 aliphatic carbocycles. The van der Waals surface area contributed by atoms with Gasteiger partial charge in [-0.25, -0.2) is 17.9 Å². The van der Waals surface area contributed by atoms with E-state index in [4.69, 9.17) is 5.11 Å². The van der Waals surface area contributed by atoms with Crippen LogP contribution in [0.3, 0.4) is 0 Å². The Labute approximate surface area is 154 Å². The predicted octanol–water partition coefficient (Wildman–Crippen LogP) is 1.63. The summed E-state index contributed by atoms with van der Waals surface area (Å²) in [6.07, 6.45) is 0.691. The molecule has 2 rings (SSSR count). The number of carboxylic acid groups (broad SMARTS) is 1. The summed E-state index contributed by atoms with van der Waals surface area (Å²) in [4.78, 5) is 23.2. The smallest absolute Gasteiger partial charge is 0.329 e. The zero-order valence-corrected chi connectivity index (χ0v) is 16.6. The van der Waals surface area contributed by atoms with Crippen molar-refractivity contribution in [1.29, 1.82) is 0 Å². The van der Waals surface area contributed by atoms with Gasteiger partial charge in [0.1, 0.15) is 5.54 Å². The summed E-state index contributed by atoms with van der Waals surface area (Å²) >= 11 is 0. The molecular formula is C18H26N2O5S. The summed E-state index contributed by atoms with van der Waals surface area (Å²) in [7, 11) is -3.77. The molecule has 1 aliphatic rings. The Morgan fingerprint density at radius 1 is 0.962 bits per heavy atom. The van der Waals surface area contributed by atoms with Gasteiger partial charge in [-0.15, -0.1) is 0 Å². The average Bonchev–Trinajstić information content (AvgIpc) is 3.31. The third kappa shape index (κ3) is 3.76. The second-order valence-electron chi connectivity index (χ2n) is 7.04. The molecule has 0 atom stereocenters. The lowest BCUT2D eigenvalue weighted by atomic mass is 9.95. The van der Waals surface area contributed by atoms with Gasteiger partial charge in [0, 0.05) is 13.0 Å². The average molecular weight is 382 g/mol. The Hall–Kier alpha value is -1.93. The topological polar surface area (TPSA) is 113 Å². The van der Waals surface area contributed by atoms with Crippen molar-refractivity contribution in [3.8, 4) is 0 Å². The van der Waals surface area contributed by atoms with Crippen molar-refractivity contribution >= 4 is 21.9 Å². The van der Waals surface area contributed by atoms with Gasteiger partial charge in [-0.2, -0.15) is 0 Å². The first-order valence-corrected chi connectivity index (χ1v) is 10.0. The second-order valence-corrected chi connectivity index (χ2v) is 8.74. The zero-order valence-electron chi connectivity index (χ0n) is 15.8. The van der Waals surface area contributed by atoms with Gasteiger partial charge in [-0.3, -0.25) is 4.79 Å². The first-order chi connectivity index (χ1) is 11.9. The summed E-state index contributed by atoms with van der Waals surface area (Å²) in [6, 6.07) is 0. The molecule has 1 aromatic carbocycles. The van der Waals surface area contributed by atoms with E-state index in [1.165, 1.54) is 0 Å². The summed E-state index contributed by atoms with van der Waals surface area (Å²) in [6.45, 7) is 9.22. The van der Waals surface area contributed by atoms with Gasteiger partial charge in [-0.1, -0.05) is 0 Å². The summed E-state index contributed by atoms with van der Waals surface area (Å²) < 4.78 is 27.9. The van der Waals surface area contributed by atoms with Gasteiger partial charge >= 0.3 is 5.97 Å². The Morgan fingerprint density at radius 3 is 1.85 bits per heavy atom. The Bertz CT molecular complexity index is 841. The normalized spacial score (nSPS) is 15.6. The van der Waals surface area contributed by atoms with Crippen LogP contribution in [0.2, 0.25) is 0 Å². The van der Waals surface area contributed by atoms with Crippen LogP contribution in [0.25, 0.3) is 0 Å². The van der Waals surface area contributed by atoms with Crippen LogP contribution in [0.15, 0.2) is 4.90 Å². The second kappa shape index (κ2) is 7.00. The highest BCUT2D eigenvalue weighted by Crippen LogP contribution is 2.35. The molecule has 7 nitrogen and oxygen atoms in total. The van der Waals surface area contributed by atoms with Crippen LogP contribution in [-0.2, 0) is 19.6 Å². The molecule has 1 aromatic rings. The maximum atomic E-state index is 12.7. The van der Waals surface area contributed by atoms with E-state index in [0.29, 0.717) is 24.0 Å². The number of sulfonamides is 1. The van der Waals surface area contributed by atoms with Crippen LogP contribution < -0.4 is 10.0 Å². The largest absolute Gasteiger partial charge is 0.480 e. The van der Waals surface area contributed by atoms with E-state index >= 15 is 0 Å². The molecule has 0 radical (unpaired) electrons. The maximum Gasteiger partial charge on any atom is 0.329 e. The third-order valence-corrected chi connectivity index (χ3v) is 7.12. The number of benzene rings is 1. The molecular weight excluding hydrogens is 356 g/mol. The molecule has 144 valence electrons. The quantitative estimate of drug-likeness (QED) is 0.663. The highest BCUT2D eigenvalue weighted by atomic mass is 32.2. The van der Waals surface area contributed by atoms with Gasteiger partial charge in [0.05, 0.1) is 4.90 Å². The lowest BCUT2D eigenvalue weighted by Crippen LogP contribution is -2.44. The molecule has 0 heterocycles. The number of nitrogens with one attached hydrogen (secondary N) is 2. The predicted molar refractivity (Wildman–Crippen MR) is 97.7 cm³/mol. The van der Waals surface area contributed by atoms with Gasteiger partial charge in [-0.05, 0) is 75.3 Å². The van der Waals surface area contributed by atoms with Crippen molar-refractivity contribution in [1.82, 2.24) is 10.0 Å². The molecule has 1 saturated carbocycles. The number of aliphatic carboxylic acids is 1. The summed E-state index contributed by atoms with van der Waals surface area (Å²) in [5, 5.41) is 11.5. The van der Waals surface area contributed by atoms with Crippen LogP contribution in [-0.4, -0.2) is 37.5 Å². The van der Waals surface area contributed by atoms with E-state index in [1.54, 1.807) is 13.8 Å². The zero-order chi connectivity index (χ0) is 19.9. The van der Waals surface area contributed by atoms with E-state index in [9.17, 15) is 18.0 Å². The third-order valence-electron chi connectivity index (χ3n) is 5.38. The first kappa shape index (κ1) is 20.4. The number of hydrogen-bond donors (Lipinski definition) is 3. The molecule has 0 saturated heterocycles. The van der Waals surface area contributed by atoms with E-state index < -0.39 is 27.4 Å². The highest BCUT2D eigenvalue weighted by molar-refractivity contribution is 7.89. The molecule has 0 spiro atoms. The monoisotopic (exact) mass is 382 g/mol. The van der Waals surface area contributed by atoms with E-state index in [-0.39, 0.29) is 17.9 Å². The molecule has 3 N–H and O–H groups in total. The minimum absolute atomic E-state index is 0.0886. The minimum atomic E-state index is -3.77. The number of carbonyl (C=O) groups is 2. The van der Waals surface area contributed by atoms with E-state index in [2.05, 4.69) is 10.0 Å². The van der Waals surface area contributed by atoms with Crippen molar-refractivity contribution in [3.63, 3.8) is 0 Å². The number of carbonyl (C=O) groups excluding carboxylic acids is 1. The molecule has 0 aliphatic heterocycles. The minimum Gasteiger partial charge on any atom is -0.480 e. The van der Waals surface area contributed by atoms with Gasteiger partial charge in [0.15, 0.2) is 0 Å². The SMILES string of the molecule is Cc1c(C)c(C)c(S(=O)(=O)NCCC(=O)NC2(C(=O)O)CC2)c(C)c1C. The molecule has 1 fully saturated rings. The van der Waals surface area contributed by atoms with Crippen LogP contribution in [0, 0.1) is 34.6 Å². The van der Waals surface area contributed by atoms with Crippen molar-refractivity contribution in [2.45, 2.75) is 64.3 Å². The van der Waals surface area contributed by atoms with E-state index in [1.807, 2.05) is 20.8 Å². The van der Waals surface area contributed by atoms with Crippen molar-refractivity contribution in [3.05, 3.63) is 27.8 Å². The fourth-order valence-electron chi connectivity index (χ4n) is 3.09. The lowest BCUT2D eigenvalue weighted by molar-refractivity contribution is -0.143. The van der Waals surface area contributed by atoms with Crippen LogP contribution in [0.4, 0.5) is 0 Å².